The van der Waals surface area contributed by atoms with E-state index in [9.17, 15) is 9.59 Å². The van der Waals surface area contributed by atoms with E-state index in [1.807, 2.05) is 45.0 Å². The zero-order valence-corrected chi connectivity index (χ0v) is 17.7. The number of carbonyl (C=O) groups excluding carboxylic acids is 2. The Morgan fingerprint density at radius 3 is 2.55 bits per heavy atom. The molecule has 1 aromatic heterocycles. The zero-order valence-electron chi connectivity index (χ0n) is 17.7. The molecule has 7 heteroatoms. The Morgan fingerprint density at radius 2 is 1.86 bits per heavy atom. The summed E-state index contributed by atoms with van der Waals surface area (Å²) >= 11 is 0. The zero-order chi connectivity index (χ0) is 21.4. The quantitative estimate of drug-likeness (QED) is 0.675. The van der Waals surface area contributed by atoms with E-state index in [1.165, 1.54) is 0 Å². The van der Waals surface area contributed by atoms with Crippen LogP contribution in [0.25, 0.3) is 0 Å². The minimum absolute atomic E-state index is 0.181. The van der Waals surface area contributed by atoms with Gasteiger partial charge in [0, 0.05) is 26.2 Å². The third-order valence-corrected chi connectivity index (χ3v) is 4.04. The molecule has 0 spiro atoms. The van der Waals surface area contributed by atoms with Gasteiger partial charge in [-0.05, 0) is 51.5 Å². The van der Waals surface area contributed by atoms with Crippen LogP contribution in [-0.4, -0.2) is 48.1 Å². The van der Waals surface area contributed by atoms with Gasteiger partial charge >= 0.3 is 5.97 Å². The molecular weight excluding hydrogens is 370 g/mol. The molecule has 1 heterocycles. The molecule has 0 atom stereocenters. The first-order chi connectivity index (χ1) is 13.7. The average molecular weight is 399 g/mol. The maximum Gasteiger partial charge on any atom is 0.306 e. The van der Waals surface area contributed by atoms with Gasteiger partial charge in [-0.25, -0.2) is 4.98 Å². The van der Waals surface area contributed by atoms with Crippen molar-refractivity contribution in [3.8, 4) is 5.75 Å². The predicted molar refractivity (Wildman–Crippen MR) is 113 cm³/mol. The number of hydrogen-bond acceptors (Lipinski definition) is 6. The summed E-state index contributed by atoms with van der Waals surface area (Å²) in [5, 5.41) is 3.17. The van der Waals surface area contributed by atoms with Gasteiger partial charge in [0.15, 0.2) is 0 Å². The van der Waals surface area contributed by atoms with E-state index >= 15 is 0 Å². The summed E-state index contributed by atoms with van der Waals surface area (Å²) in [6.07, 6.45) is 2.40. The first-order valence-corrected chi connectivity index (χ1v) is 9.53. The Labute approximate surface area is 172 Å². The Kier molecular flexibility index (Phi) is 7.59. The number of nitrogens with one attached hydrogen (secondary N) is 1. The van der Waals surface area contributed by atoms with Crippen LogP contribution in [0.4, 0.5) is 11.5 Å². The molecule has 2 rings (SSSR count). The minimum Gasteiger partial charge on any atom is -0.495 e. The predicted octanol–water partition coefficient (Wildman–Crippen LogP) is 4.03. The van der Waals surface area contributed by atoms with Crippen LogP contribution in [0, 0.1) is 0 Å². The van der Waals surface area contributed by atoms with Crippen molar-refractivity contribution in [3.63, 3.8) is 0 Å². The molecule has 1 aromatic carbocycles. The van der Waals surface area contributed by atoms with Gasteiger partial charge in [-0.15, -0.1) is 0 Å². The number of hydrogen-bond donors (Lipinski definition) is 1. The number of aromatic nitrogens is 1. The number of rotatable bonds is 8. The first kappa shape index (κ1) is 22.2. The van der Waals surface area contributed by atoms with Gasteiger partial charge in [0.05, 0.1) is 18.4 Å². The van der Waals surface area contributed by atoms with Crippen LogP contribution in [0.5, 0.6) is 5.75 Å². The van der Waals surface area contributed by atoms with E-state index in [0.29, 0.717) is 30.1 Å². The average Bonchev–Trinajstić information content (AvgIpc) is 2.66. The lowest BCUT2D eigenvalue weighted by atomic mass is 10.2. The van der Waals surface area contributed by atoms with Crippen molar-refractivity contribution < 1.29 is 19.1 Å². The number of pyridine rings is 1. The lowest BCUT2D eigenvalue weighted by Gasteiger charge is -2.21. The van der Waals surface area contributed by atoms with Crippen LogP contribution in [-0.2, 0) is 9.53 Å². The molecule has 0 fully saturated rings. The fourth-order valence-electron chi connectivity index (χ4n) is 2.71. The monoisotopic (exact) mass is 399 g/mol. The van der Waals surface area contributed by atoms with Crippen molar-refractivity contribution in [2.75, 3.05) is 26.0 Å². The van der Waals surface area contributed by atoms with Gasteiger partial charge in [0.1, 0.15) is 17.2 Å². The number of para-hydroxylation sites is 2. The minimum atomic E-state index is -0.506. The second-order valence-corrected chi connectivity index (χ2v) is 7.64. The third kappa shape index (κ3) is 6.78. The lowest BCUT2D eigenvalue weighted by Crippen LogP contribution is -2.29. The SMILES string of the molecule is COc1ccccc1Nc1ncccc1C(=O)N(C)CCCC(=O)OC(C)(C)C. The molecule has 0 unspecified atom stereocenters. The Hall–Kier alpha value is -3.09. The molecule has 0 aliphatic heterocycles. The number of nitrogens with zero attached hydrogens (tertiary/aromatic N) is 2. The molecule has 0 saturated heterocycles. The molecular formula is C22H29N3O4. The Morgan fingerprint density at radius 1 is 1.14 bits per heavy atom. The van der Waals surface area contributed by atoms with E-state index in [-0.39, 0.29) is 18.3 Å². The van der Waals surface area contributed by atoms with Crippen molar-refractivity contribution in [1.82, 2.24) is 9.88 Å². The van der Waals surface area contributed by atoms with Gasteiger partial charge in [0.25, 0.3) is 5.91 Å². The summed E-state index contributed by atoms with van der Waals surface area (Å²) in [5.74, 6) is 0.654. The van der Waals surface area contributed by atoms with E-state index in [0.717, 1.165) is 5.69 Å². The number of carbonyl (C=O) groups is 2. The lowest BCUT2D eigenvalue weighted by molar-refractivity contribution is -0.154. The van der Waals surface area contributed by atoms with E-state index in [2.05, 4.69) is 10.3 Å². The highest BCUT2D eigenvalue weighted by Gasteiger charge is 2.19. The Bertz CT molecular complexity index is 846. The summed E-state index contributed by atoms with van der Waals surface area (Å²) in [4.78, 5) is 30.6. The number of benzene rings is 1. The van der Waals surface area contributed by atoms with Gasteiger partial charge in [-0.1, -0.05) is 12.1 Å². The summed E-state index contributed by atoms with van der Waals surface area (Å²) in [7, 11) is 3.29. The van der Waals surface area contributed by atoms with Crippen molar-refractivity contribution in [1.29, 1.82) is 0 Å². The van der Waals surface area contributed by atoms with Gasteiger partial charge in [0.2, 0.25) is 0 Å². The summed E-state index contributed by atoms with van der Waals surface area (Å²) in [6, 6.07) is 10.9. The first-order valence-electron chi connectivity index (χ1n) is 9.53. The molecule has 0 bridgehead atoms. The molecule has 2 aromatic rings. The number of methoxy groups -OCH3 is 1. The third-order valence-electron chi connectivity index (χ3n) is 4.04. The molecule has 0 aliphatic rings. The van der Waals surface area contributed by atoms with Crippen LogP contribution < -0.4 is 10.1 Å². The Balaban J connectivity index is 2.03. The number of anilines is 2. The van der Waals surface area contributed by atoms with Crippen molar-refractivity contribution >= 4 is 23.4 Å². The standard InChI is InChI=1S/C22H29N3O4/c1-22(2,3)29-19(26)13-9-15-25(4)21(27)16-10-8-14-23-20(16)24-17-11-6-7-12-18(17)28-5/h6-8,10-12,14H,9,13,15H2,1-5H3,(H,23,24). The molecule has 0 saturated carbocycles. The molecule has 0 aliphatic carbocycles. The van der Waals surface area contributed by atoms with Crippen LogP contribution in [0.2, 0.25) is 0 Å². The smallest absolute Gasteiger partial charge is 0.306 e. The summed E-state index contributed by atoms with van der Waals surface area (Å²) < 4.78 is 10.6. The largest absolute Gasteiger partial charge is 0.495 e. The second kappa shape index (κ2) is 9.91. The van der Waals surface area contributed by atoms with E-state index in [4.69, 9.17) is 9.47 Å². The fraction of sp³-hybridized carbons (Fsp3) is 0.409. The van der Waals surface area contributed by atoms with Crippen LogP contribution >= 0.6 is 0 Å². The molecule has 1 N–H and O–H groups in total. The van der Waals surface area contributed by atoms with Crippen LogP contribution in [0.1, 0.15) is 44.0 Å². The normalized spacial score (nSPS) is 10.9. The fourth-order valence-corrected chi connectivity index (χ4v) is 2.71. The van der Waals surface area contributed by atoms with Gasteiger partial charge in [-0.3, -0.25) is 9.59 Å². The topological polar surface area (TPSA) is 80.8 Å². The molecule has 156 valence electrons. The molecule has 7 nitrogen and oxygen atoms in total. The maximum absolute atomic E-state index is 12.9. The van der Waals surface area contributed by atoms with E-state index in [1.54, 1.807) is 37.4 Å². The van der Waals surface area contributed by atoms with Crippen molar-refractivity contribution in [2.45, 2.75) is 39.2 Å². The molecule has 0 radical (unpaired) electrons. The van der Waals surface area contributed by atoms with Gasteiger partial charge < -0.3 is 19.7 Å². The summed E-state index contributed by atoms with van der Waals surface area (Å²) in [5.41, 5.74) is 0.654. The highest BCUT2D eigenvalue weighted by atomic mass is 16.6. The highest BCUT2D eigenvalue weighted by molar-refractivity contribution is 5.99. The van der Waals surface area contributed by atoms with E-state index < -0.39 is 5.60 Å². The maximum atomic E-state index is 12.9. The molecule has 29 heavy (non-hydrogen) atoms. The molecule has 1 amide bonds. The second-order valence-electron chi connectivity index (χ2n) is 7.64. The number of ether oxygens (including phenoxy) is 2. The van der Waals surface area contributed by atoms with Crippen LogP contribution in [0.15, 0.2) is 42.6 Å². The van der Waals surface area contributed by atoms with Crippen LogP contribution in [0.3, 0.4) is 0 Å². The summed E-state index contributed by atoms with van der Waals surface area (Å²) in [6.45, 7) is 5.93. The van der Waals surface area contributed by atoms with Crippen molar-refractivity contribution in [3.05, 3.63) is 48.2 Å². The van der Waals surface area contributed by atoms with Gasteiger partial charge in [-0.2, -0.15) is 0 Å². The number of amides is 1. The van der Waals surface area contributed by atoms with Crippen molar-refractivity contribution in [2.24, 2.45) is 0 Å². The highest BCUT2D eigenvalue weighted by Crippen LogP contribution is 2.28. The number of esters is 1.